The monoisotopic (exact) mass is 300 g/mol. The van der Waals surface area contributed by atoms with E-state index in [1.54, 1.807) is 19.9 Å². The van der Waals surface area contributed by atoms with Crippen molar-refractivity contribution in [2.75, 3.05) is 6.61 Å². The van der Waals surface area contributed by atoms with E-state index in [-0.39, 0.29) is 12.2 Å². The smallest absolute Gasteiger partial charge is 0.330 e. The van der Waals surface area contributed by atoms with Crippen molar-refractivity contribution in [3.05, 3.63) is 51.8 Å². The third kappa shape index (κ3) is 3.24. The van der Waals surface area contributed by atoms with Gasteiger partial charge in [-0.15, -0.1) is 0 Å². The van der Waals surface area contributed by atoms with Crippen molar-refractivity contribution in [3.8, 4) is 11.3 Å². The summed E-state index contributed by atoms with van der Waals surface area (Å²) in [5, 5.41) is 4.35. The number of esters is 1. The Morgan fingerprint density at radius 2 is 2.00 bits per heavy atom. The number of carbonyl (C=O) groups is 1. The van der Waals surface area contributed by atoms with Gasteiger partial charge in [0.15, 0.2) is 6.04 Å². The molecule has 2 rings (SSSR count). The van der Waals surface area contributed by atoms with Gasteiger partial charge in [-0.3, -0.25) is 4.79 Å². The van der Waals surface area contributed by atoms with Crippen molar-refractivity contribution in [3.63, 3.8) is 0 Å². The number of rotatable bonds is 4. The summed E-state index contributed by atoms with van der Waals surface area (Å²) in [5.74, 6) is -0.463. The predicted octanol–water partition coefficient (Wildman–Crippen LogP) is 2.65. The molecule has 0 N–H and O–H groups in total. The van der Waals surface area contributed by atoms with Crippen LogP contribution in [0.1, 0.15) is 31.0 Å². The van der Waals surface area contributed by atoms with Gasteiger partial charge in [0.1, 0.15) is 0 Å². The lowest BCUT2D eigenvalue weighted by Crippen LogP contribution is -2.31. The van der Waals surface area contributed by atoms with Gasteiger partial charge in [-0.1, -0.05) is 17.7 Å². The van der Waals surface area contributed by atoms with Gasteiger partial charge in [0.05, 0.1) is 12.3 Å². The molecule has 0 aliphatic rings. The van der Waals surface area contributed by atoms with Crippen LogP contribution in [0, 0.1) is 13.8 Å². The fourth-order valence-electron chi connectivity index (χ4n) is 2.22. The third-order valence-electron chi connectivity index (χ3n) is 3.49. The molecule has 0 amide bonds. The van der Waals surface area contributed by atoms with Crippen molar-refractivity contribution in [1.29, 1.82) is 0 Å². The second kappa shape index (κ2) is 6.56. The van der Waals surface area contributed by atoms with Crippen molar-refractivity contribution in [2.45, 2.75) is 33.7 Å². The molecule has 0 saturated carbocycles. The van der Waals surface area contributed by atoms with E-state index in [2.05, 4.69) is 5.10 Å². The van der Waals surface area contributed by atoms with E-state index in [9.17, 15) is 9.59 Å². The van der Waals surface area contributed by atoms with E-state index >= 15 is 0 Å². The SMILES string of the molecule is CCOC(=O)C(C)n1nc(-c2cc(C)ccc2C)ccc1=O. The summed E-state index contributed by atoms with van der Waals surface area (Å²) in [5.41, 5.74) is 3.46. The normalized spacial score (nSPS) is 12.0. The lowest BCUT2D eigenvalue weighted by atomic mass is 10.0. The Morgan fingerprint density at radius 1 is 1.27 bits per heavy atom. The molecule has 1 unspecified atom stereocenters. The van der Waals surface area contributed by atoms with Gasteiger partial charge in [0.2, 0.25) is 0 Å². The highest BCUT2D eigenvalue weighted by Crippen LogP contribution is 2.22. The largest absolute Gasteiger partial charge is 0.464 e. The average Bonchev–Trinajstić information content (AvgIpc) is 2.50. The first-order valence-electron chi connectivity index (χ1n) is 7.28. The Bertz CT molecular complexity index is 750. The number of benzene rings is 1. The molecule has 0 spiro atoms. The van der Waals surface area contributed by atoms with Crippen molar-refractivity contribution in [1.82, 2.24) is 9.78 Å². The van der Waals surface area contributed by atoms with E-state index in [4.69, 9.17) is 4.74 Å². The summed E-state index contributed by atoms with van der Waals surface area (Å²) in [7, 11) is 0. The first kappa shape index (κ1) is 15.9. The minimum absolute atomic E-state index is 0.272. The van der Waals surface area contributed by atoms with E-state index in [1.165, 1.54) is 10.7 Å². The molecule has 0 radical (unpaired) electrons. The summed E-state index contributed by atoms with van der Waals surface area (Å²) < 4.78 is 6.14. The molecule has 22 heavy (non-hydrogen) atoms. The number of aryl methyl sites for hydroxylation is 2. The number of nitrogens with zero attached hydrogens (tertiary/aromatic N) is 2. The van der Waals surface area contributed by atoms with E-state index < -0.39 is 12.0 Å². The lowest BCUT2D eigenvalue weighted by Gasteiger charge is -2.14. The average molecular weight is 300 g/mol. The first-order chi connectivity index (χ1) is 10.4. The van der Waals surface area contributed by atoms with E-state index in [1.807, 2.05) is 32.0 Å². The number of aromatic nitrogens is 2. The molecule has 1 heterocycles. The summed E-state index contributed by atoms with van der Waals surface area (Å²) in [6, 6.07) is 8.41. The van der Waals surface area contributed by atoms with Crippen LogP contribution in [0.2, 0.25) is 0 Å². The van der Waals surface area contributed by atoms with E-state index in [0.29, 0.717) is 5.69 Å². The Labute approximate surface area is 129 Å². The van der Waals surface area contributed by atoms with Crippen LogP contribution in [0.5, 0.6) is 0 Å². The predicted molar refractivity (Wildman–Crippen MR) is 84.8 cm³/mol. The fourth-order valence-corrected chi connectivity index (χ4v) is 2.22. The number of hydrogen-bond donors (Lipinski definition) is 0. The number of carbonyl (C=O) groups excluding carboxylic acids is 1. The highest BCUT2D eigenvalue weighted by atomic mass is 16.5. The zero-order chi connectivity index (χ0) is 16.3. The van der Waals surface area contributed by atoms with Crippen LogP contribution in [0.15, 0.2) is 35.1 Å². The standard InChI is InChI=1S/C17H20N2O3/c1-5-22-17(21)13(4)19-16(20)9-8-15(18-19)14-10-11(2)6-7-12(14)3/h6-10,13H,5H2,1-4H3. The third-order valence-corrected chi connectivity index (χ3v) is 3.49. The summed E-state index contributed by atoms with van der Waals surface area (Å²) in [6.45, 7) is 7.60. The molecule has 0 bridgehead atoms. The minimum Gasteiger partial charge on any atom is -0.464 e. The maximum atomic E-state index is 12.0. The van der Waals surface area contributed by atoms with Gasteiger partial charge in [-0.25, -0.2) is 9.48 Å². The van der Waals surface area contributed by atoms with Crippen LogP contribution >= 0.6 is 0 Å². The summed E-state index contributed by atoms with van der Waals surface area (Å²) in [6.07, 6.45) is 0. The molecule has 1 aromatic heterocycles. The van der Waals surface area contributed by atoms with Crippen molar-refractivity contribution >= 4 is 5.97 Å². The molecule has 5 heteroatoms. The topological polar surface area (TPSA) is 61.2 Å². The second-order valence-electron chi connectivity index (χ2n) is 5.25. The Balaban J connectivity index is 2.49. The molecule has 2 aromatic rings. The maximum Gasteiger partial charge on any atom is 0.330 e. The highest BCUT2D eigenvalue weighted by molar-refractivity contribution is 5.73. The molecule has 5 nitrogen and oxygen atoms in total. The molecule has 0 fully saturated rings. The van der Waals surface area contributed by atoms with Crippen LogP contribution in [-0.2, 0) is 9.53 Å². The van der Waals surface area contributed by atoms with E-state index in [0.717, 1.165) is 16.7 Å². The van der Waals surface area contributed by atoms with Crippen LogP contribution < -0.4 is 5.56 Å². The molecule has 1 atom stereocenters. The Hall–Kier alpha value is -2.43. The zero-order valence-corrected chi connectivity index (χ0v) is 13.3. The van der Waals surface area contributed by atoms with Crippen LogP contribution in [-0.4, -0.2) is 22.4 Å². The molecular formula is C17H20N2O3. The molecule has 0 aliphatic heterocycles. The quantitative estimate of drug-likeness (QED) is 0.814. The maximum absolute atomic E-state index is 12.0. The van der Waals surface area contributed by atoms with Gasteiger partial charge < -0.3 is 4.74 Å². The number of ether oxygens (including phenoxy) is 1. The van der Waals surface area contributed by atoms with Gasteiger partial charge >= 0.3 is 5.97 Å². The second-order valence-corrected chi connectivity index (χ2v) is 5.25. The van der Waals surface area contributed by atoms with Gasteiger partial charge in [-0.05, 0) is 45.4 Å². The molecule has 1 aromatic carbocycles. The van der Waals surface area contributed by atoms with Crippen molar-refractivity contribution < 1.29 is 9.53 Å². The van der Waals surface area contributed by atoms with Crippen LogP contribution in [0.25, 0.3) is 11.3 Å². The van der Waals surface area contributed by atoms with Gasteiger partial charge in [-0.2, -0.15) is 5.10 Å². The molecule has 0 saturated heterocycles. The van der Waals surface area contributed by atoms with Gasteiger partial charge in [0.25, 0.3) is 5.56 Å². The summed E-state index contributed by atoms with van der Waals surface area (Å²) >= 11 is 0. The Morgan fingerprint density at radius 3 is 2.68 bits per heavy atom. The van der Waals surface area contributed by atoms with Crippen molar-refractivity contribution in [2.24, 2.45) is 0 Å². The lowest BCUT2D eigenvalue weighted by molar-refractivity contribution is -0.147. The molecule has 116 valence electrons. The minimum atomic E-state index is -0.752. The fraction of sp³-hybridized carbons (Fsp3) is 0.353. The molecular weight excluding hydrogens is 280 g/mol. The zero-order valence-electron chi connectivity index (χ0n) is 13.3. The first-order valence-corrected chi connectivity index (χ1v) is 7.28. The van der Waals surface area contributed by atoms with Gasteiger partial charge in [0, 0.05) is 11.6 Å². The van der Waals surface area contributed by atoms with Crippen LogP contribution in [0.3, 0.4) is 0 Å². The van der Waals surface area contributed by atoms with Crippen LogP contribution in [0.4, 0.5) is 0 Å². The molecule has 0 aliphatic carbocycles. The number of hydrogen-bond acceptors (Lipinski definition) is 4. The Kier molecular flexibility index (Phi) is 4.75. The highest BCUT2D eigenvalue weighted by Gasteiger charge is 2.19. The summed E-state index contributed by atoms with van der Waals surface area (Å²) in [4.78, 5) is 23.8.